The van der Waals surface area contributed by atoms with Gasteiger partial charge in [-0.15, -0.1) is 11.3 Å². The molecule has 0 saturated carbocycles. The van der Waals surface area contributed by atoms with Crippen molar-refractivity contribution in [3.05, 3.63) is 28.1 Å². The van der Waals surface area contributed by atoms with Crippen molar-refractivity contribution in [2.24, 2.45) is 0 Å². The van der Waals surface area contributed by atoms with Crippen molar-refractivity contribution in [2.45, 2.75) is 52.2 Å². The smallest absolute Gasteiger partial charge is 0.277 e. The van der Waals surface area contributed by atoms with Gasteiger partial charge in [-0.05, 0) is 38.1 Å². The van der Waals surface area contributed by atoms with Gasteiger partial charge in [0, 0.05) is 37.7 Å². The summed E-state index contributed by atoms with van der Waals surface area (Å²) in [6, 6.07) is 3.83. The highest BCUT2D eigenvalue weighted by Crippen LogP contribution is 2.35. The molecule has 1 fully saturated rings. The Morgan fingerprint density at radius 2 is 1.86 bits per heavy atom. The van der Waals surface area contributed by atoms with Crippen LogP contribution in [0.15, 0.2) is 23.2 Å². The van der Waals surface area contributed by atoms with Crippen LogP contribution in [0.1, 0.15) is 44.9 Å². The maximum absolute atomic E-state index is 13.2. The highest BCUT2D eigenvalue weighted by atomic mass is 32.1. The summed E-state index contributed by atoms with van der Waals surface area (Å²) in [7, 11) is 0. The van der Waals surface area contributed by atoms with E-state index in [1.807, 2.05) is 36.3 Å². The number of hydrogen-bond donors (Lipinski definition) is 0. The predicted octanol–water partition coefficient (Wildman–Crippen LogP) is 3.14. The van der Waals surface area contributed by atoms with E-state index in [-0.39, 0.29) is 24.0 Å². The highest BCUT2D eigenvalue weighted by Gasteiger charge is 2.43. The minimum Gasteiger partial charge on any atom is -0.381 e. The molecule has 2 atom stereocenters. The maximum atomic E-state index is 13.2. The largest absolute Gasteiger partial charge is 0.381 e. The predicted molar refractivity (Wildman–Crippen MR) is 110 cm³/mol. The van der Waals surface area contributed by atoms with Crippen molar-refractivity contribution >= 4 is 28.7 Å². The van der Waals surface area contributed by atoms with E-state index in [2.05, 4.69) is 6.92 Å². The molecular weight excluding hydrogens is 376 g/mol. The molecule has 0 bridgehead atoms. The fraction of sp³-hybridized carbons (Fsp3) is 0.619. The molecule has 2 aliphatic heterocycles. The van der Waals surface area contributed by atoms with Crippen molar-refractivity contribution in [1.29, 1.82) is 0 Å². The molecule has 1 aromatic heterocycles. The first kappa shape index (κ1) is 21.0. The maximum Gasteiger partial charge on any atom is 0.277 e. The zero-order chi connectivity index (χ0) is 20.1. The Balaban J connectivity index is 1.76. The topological polar surface area (TPSA) is 59.1 Å². The molecule has 2 unspecified atom stereocenters. The zero-order valence-electron chi connectivity index (χ0n) is 17.0. The number of hydrogen-bond acceptors (Lipinski definition) is 6. The Labute approximate surface area is 171 Å². The van der Waals surface area contributed by atoms with Crippen LogP contribution >= 0.6 is 11.3 Å². The zero-order valence-corrected chi connectivity index (χ0v) is 17.8. The van der Waals surface area contributed by atoms with E-state index in [1.54, 1.807) is 0 Å². The quantitative estimate of drug-likeness (QED) is 0.466. The molecule has 2 aliphatic rings. The third-order valence-electron chi connectivity index (χ3n) is 4.96. The lowest BCUT2D eigenvalue weighted by molar-refractivity contribution is -0.138. The minimum atomic E-state index is -0.192. The summed E-state index contributed by atoms with van der Waals surface area (Å²) >= 11 is 1.49. The standard InChI is InChI=1S/C21H30N2O4S/c1-4-5-10-26-11-7-9-23-20(24)18(17-8-6-12-28-17)19(21(23)25)22-13-15(2)27-16(3)14-22/h6,8,12,15-16H,4-5,7,9-11,13-14H2,1-3H3. The van der Waals surface area contributed by atoms with Crippen molar-refractivity contribution < 1.29 is 19.1 Å². The van der Waals surface area contributed by atoms with Gasteiger partial charge in [-0.25, -0.2) is 0 Å². The van der Waals surface area contributed by atoms with Crippen molar-refractivity contribution in [1.82, 2.24) is 9.80 Å². The third kappa shape index (κ3) is 4.64. The molecule has 0 radical (unpaired) electrons. The molecule has 2 amide bonds. The fourth-order valence-electron chi connectivity index (χ4n) is 3.74. The molecule has 0 aromatic carbocycles. The number of ether oxygens (including phenoxy) is 2. The van der Waals surface area contributed by atoms with Gasteiger partial charge in [0.25, 0.3) is 11.8 Å². The van der Waals surface area contributed by atoms with Crippen molar-refractivity contribution in [3.8, 4) is 0 Å². The summed E-state index contributed by atoms with van der Waals surface area (Å²) in [5.74, 6) is -0.383. The molecule has 1 saturated heterocycles. The average Bonchev–Trinajstić information content (AvgIpc) is 3.25. The van der Waals surface area contributed by atoms with Gasteiger partial charge in [-0.2, -0.15) is 0 Å². The lowest BCUT2D eigenvalue weighted by atomic mass is 10.1. The Bertz CT molecular complexity index is 706. The van der Waals surface area contributed by atoms with E-state index in [0.29, 0.717) is 43.9 Å². The van der Waals surface area contributed by atoms with Gasteiger partial charge in [-0.1, -0.05) is 19.4 Å². The van der Waals surface area contributed by atoms with Crippen LogP contribution in [0.4, 0.5) is 0 Å². The van der Waals surface area contributed by atoms with Crippen molar-refractivity contribution in [2.75, 3.05) is 32.8 Å². The third-order valence-corrected chi connectivity index (χ3v) is 5.85. The summed E-state index contributed by atoms with van der Waals surface area (Å²) in [6.07, 6.45) is 2.82. The van der Waals surface area contributed by atoms with Gasteiger partial charge in [-0.3, -0.25) is 14.5 Å². The van der Waals surface area contributed by atoms with Gasteiger partial charge in [0.1, 0.15) is 5.70 Å². The molecule has 3 heterocycles. The number of nitrogens with zero attached hydrogens (tertiary/aromatic N) is 2. The van der Waals surface area contributed by atoms with Gasteiger partial charge < -0.3 is 14.4 Å². The number of imide groups is 1. The Morgan fingerprint density at radius 1 is 1.14 bits per heavy atom. The Hall–Kier alpha value is -1.70. The summed E-state index contributed by atoms with van der Waals surface area (Å²) in [4.78, 5) is 30.7. The lowest BCUT2D eigenvalue weighted by Crippen LogP contribution is -2.47. The summed E-state index contributed by atoms with van der Waals surface area (Å²) < 4.78 is 11.4. The van der Waals surface area contributed by atoms with Crippen LogP contribution in [-0.2, 0) is 19.1 Å². The summed E-state index contributed by atoms with van der Waals surface area (Å²) in [5, 5.41) is 1.94. The molecule has 7 heteroatoms. The first-order valence-corrected chi connectivity index (χ1v) is 11.0. The second-order valence-corrected chi connectivity index (χ2v) is 8.39. The summed E-state index contributed by atoms with van der Waals surface area (Å²) in [6.45, 7) is 9.03. The number of morpholine rings is 1. The number of amides is 2. The van der Waals surface area contributed by atoms with E-state index < -0.39 is 0 Å². The molecular formula is C21H30N2O4S. The number of carbonyl (C=O) groups excluding carboxylic acids is 2. The van der Waals surface area contributed by atoms with E-state index in [4.69, 9.17) is 9.47 Å². The molecule has 6 nitrogen and oxygen atoms in total. The number of carbonyl (C=O) groups is 2. The second-order valence-electron chi connectivity index (χ2n) is 7.44. The van der Waals surface area contributed by atoms with Crippen LogP contribution in [0.3, 0.4) is 0 Å². The van der Waals surface area contributed by atoms with Crippen LogP contribution < -0.4 is 0 Å². The SMILES string of the molecule is CCCCOCCCN1C(=O)C(c2cccs2)=C(N2CC(C)OC(C)C2)C1=O. The van der Waals surface area contributed by atoms with E-state index >= 15 is 0 Å². The van der Waals surface area contributed by atoms with Crippen molar-refractivity contribution in [3.63, 3.8) is 0 Å². The Kier molecular flexibility index (Phi) is 7.26. The molecule has 154 valence electrons. The van der Waals surface area contributed by atoms with Crippen LogP contribution in [0.5, 0.6) is 0 Å². The second kappa shape index (κ2) is 9.67. The molecule has 3 rings (SSSR count). The van der Waals surface area contributed by atoms with Gasteiger partial charge in [0.15, 0.2) is 0 Å². The van der Waals surface area contributed by atoms with Gasteiger partial charge >= 0.3 is 0 Å². The Morgan fingerprint density at radius 3 is 2.50 bits per heavy atom. The highest BCUT2D eigenvalue weighted by molar-refractivity contribution is 7.11. The lowest BCUT2D eigenvalue weighted by Gasteiger charge is -2.37. The number of thiophene rings is 1. The van der Waals surface area contributed by atoms with Gasteiger partial charge in [0.05, 0.1) is 17.8 Å². The number of rotatable bonds is 9. The monoisotopic (exact) mass is 406 g/mol. The van der Waals surface area contributed by atoms with Crippen LogP contribution in [0.25, 0.3) is 5.57 Å². The van der Waals surface area contributed by atoms with E-state index in [0.717, 1.165) is 24.3 Å². The fourth-order valence-corrected chi connectivity index (χ4v) is 4.50. The van der Waals surface area contributed by atoms with Gasteiger partial charge in [0.2, 0.25) is 0 Å². The molecule has 1 aromatic rings. The normalized spacial score (nSPS) is 23.2. The molecule has 28 heavy (non-hydrogen) atoms. The molecule has 0 spiro atoms. The number of unbranched alkanes of at least 4 members (excludes halogenated alkanes) is 1. The first-order valence-electron chi connectivity index (χ1n) is 10.1. The average molecular weight is 407 g/mol. The van der Waals surface area contributed by atoms with E-state index in [9.17, 15) is 9.59 Å². The summed E-state index contributed by atoms with van der Waals surface area (Å²) in [5.41, 5.74) is 1.06. The van der Waals surface area contributed by atoms with Crippen LogP contribution in [0.2, 0.25) is 0 Å². The molecule has 0 N–H and O–H groups in total. The minimum absolute atomic E-state index is 0.0183. The van der Waals surface area contributed by atoms with E-state index in [1.165, 1.54) is 16.2 Å². The first-order chi connectivity index (χ1) is 13.5. The molecule has 0 aliphatic carbocycles. The van der Waals surface area contributed by atoms with Crippen LogP contribution in [-0.4, -0.2) is 66.7 Å². The van der Waals surface area contributed by atoms with Crippen LogP contribution in [0, 0.1) is 0 Å².